The van der Waals surface area contributed by atoms with E-state index in [2.05, 4.69) is 65.5 Å². The smallest absolute Gasteiger partial charge is 0.122 e. The summed E-state index contributed by atoms with van der Waals surface area (Å²) < 4.78 is 6.55. The second kappa shape index (κ2) is 7.07. The number of methoxy groups -OCH3 is 1. The molecule has 112 valence electrons. The molecule has 1 atom stereocenters. The predicted octanol–water partition coefficient (Wildman–Crippen LogP) is 3.82. The molecule has 0 fully saturated rings. The van der Waals surface area contributed by atoms with Gasteiger partial charge in [-0.05, 0) is 49.1 Å². The topological polar surface area (TPSA) is 47.3 Å². The second-order valence-corrected chi connectivity index (χ2v) is 6.10. The molecule has 4 heteroatoms. The van der Waals surface area contributed by atoms with Crippen molar-refractivity contribution in [2.75, 3.05) is 7.11 Å². The highest BCUT2D eigenvalue weighted by Crippen LogP contribution is 2.27. The quantitative estimate of drug-likeness (QED) is 0.637. The molecule has 0 spiro atoms. The molecule has 0 heterocycles. The van der Waals surface area contributed by atoms with E-state index in [-0.39, 0.29) is 6.04 Å². The van der Waals surface area contributed by atoms with Crippen molar-refractivity contribution >= 4 is 15.9 Å². The molecule has 3 N–H and O–H groups in total. The van der Waals surface area contributed by atoms with Gasteiger partial charge < -0.3 is 4.74 Å². The molecule has 0 aliphatic carbocycles. The Bertz CT molecular complexity index is 628. The fourth-order valence-electron chi connectivity index (χ4n) is 2.44. The minimum Gasteiger partial charge on any atom is -0.496 e. The first-order valence-electron chi connectivity index (χ1n) is 6.91. The maximum absolute atomic E-state index is 5.77. The van der Waals surface area contributed by atoms with Gasteiger partial charge in [-0.15, -0.1) is 0 Å². The number of benzene rings is 2. The summed E-state index contributed by atoms with van der Waals surface area (Å²) >= 11 is 3.53. The average molecular weight is 349 g/mol. The average Bonchev–Trinajstić information content (AvgIpc) is 2.48. The molecule has 0 aliphatic heterocycles. The van der Waals surface area contributed by atoms with Gasteiger partial charge in [0.15, 0.2) is 0 Å². The van der Waals surface area contributed by atoms with E-state index in [0.29, 0.717) is 0 Å². The van der Waals surface area contributed by atoms with Gasteiger partial charge in [-0.1, -0.05) is 45.8 Å². The number of rotatable bonds is 5. The van der Waals surface area contributed by atoms with Crippen LogP contribution in [0, 0.1) is 13.8 Å². The third-order valence-electron chi connectivity index (χ3n) is 3.65. The van der Waals surface area contributed by atoms with Crippen LogP contribution in [0.5, 0.6) is 5.75 Å². The molecule has 2 rings (SSSR count). The van der Waals surface area contributed by atoms with Crippen molar-refractivity contribution in [3.05, 3.63) is 63.1 Å². The number of halogens is 1. The fraction of sp³-hybridized carbons (Fsp3) is 0.294. The van der Waals surface area contributed by atoms with Crippen LogP contribution in [0.2, 0.25) is 0 Å². The lowest BCUT2D eigenvalue weighted by Gasteiger charge is -2.19. The Balaban J connectivity index is 2.30. The van der Waals surface area contributed by atoms with Gasteiger partial charge >= 0.3 is 0 Å². The maximum Gasteiger partial charge on any atom is 0.122 e. The molecule has 0 aromatic heterocycles. The molecule has 0 saturated heterocycles. The Kier molecular flexibility index (Phi) is 5.39. The van der Waals surface area contributed by atoms with Crippen molar-refractivity contribution in [2.24, 2.45) is 5.84 Å². The van der Waals surface area contributed by atoms with Gasteiger partial charge in [0.25, 0.3) is 0 Å². The van der Waals surface area contributed by atoms with E-state index in [1.807, 2.05) is 6.07 Å². The van der Waals surface area contributed by atoms with Crippen LogP contribution in [0.15, 0.2) is 40.9 Å². The number of ether oxygens (including phenoxy) is 1. The minimum atomic E-state index is 0.0486. The van der Waals surface area contributed by atoms with E-state index in [9.17, 15) is 0 Å². The Labute approximate surface area is 134 Å². The van der Waals surface area contributed by atoms with Crippen molar-refractivity contribution < 1.29 is 4.74 Å². The molecular formula is C17H21BrN2O. The van der Waals surface area contributed by atoms with Gasteiger partial charge in [0.05, 0.1) is 13.2 Å². The second-order valence-electron chi connectivity index (χ2n) is 5.25. The van der Waals surface area contributed by atoms with Gasteiger partial charge in [-0.2, -0.15) is 0 Å². The summed E-state index contributed by atoms with van der Waals surface area (Å²) in [5.41, 5.74) is 7.65. The molecule has 1 unspecified atom stereocenters. The molecular weight excluding hydrogens is 328 g/mol. The summed E-state index contributed by atoms with van der Waals surface area (Å²) in [5, 5.41) is 0. The lowest BCUT2D eigenvalue weighted by molar-refractivity contribution is 0.405. The molecule has 3 nitrogen and oxygen atoms in total. The van der Waals surface area contributed by atoms with Crippen LogP contribution in [0.25, 0.3) is 0 Å². The van der Waals surface area contributed by atoms with Crippen molar-refractivity contribution in [1.29, 1.82) is 0 Å². The molecule has 0 amide bonds. The van der Waals surface area contributed by atoms with Crippen LogP contribution in [0.4, 0.5) is 0 Å². The predicted molar refractivity (Wildman–Crippen MR) is 90.4 cm³/mol. The first-order chi connectivity index (χ1) is 10.0. The van der Waals surface area contributed by atoms with E-state index in [4.69, 9.17) is 10.6 Å². The minimum absolute atomic E-state index is 0.0486. The molecule has 0 saturated carbocycles. The van der Waals surface area contributed by atoms with Crippen LogP contribution in [0.1, 0.15) is 28.3 Å². The monoisotopic (exact) mass is 348 g/mol. The van der Waals surface area contributed by atoms with Gasteiger partial charge in [0.2, 0.25) is 0 Å². The molecule has 0 bridgehead atoms. The lowest BCUT2D eigenvalue weighted by Crippen LogP contribution is -2.29. The van der Waals surface area contributed by atoms with Crippen molar-refractivity contribution in [3.63, 3.8) is 0 Å². The zero-order valence-electron chi connectivity index (χ0n) is 12.6. The van der Waals surface area contributed by atoms with Crippen LogP contribution < -0.4 is 16.0 Å². The van der Waals surface area contributed by atoms with Gasteiger partial charge in [0.1, 0.15) is 5.75 Å². The van der Waals surface area contributed by atoms with Crippen LogP contribution >= 0.6 is 15.9 Å². The maximum atomic E-state index is 5.77. The summed E-state index contributed by atoms with van der Waals surface area (Å²) in [4.78, 5) is 0. The number of nitrogens with two attached hydrogens (primary N) is 1. The van der Waals surface area contributed by atoms with Crippen LogP contribution in [0.3, 0.4) is 0 Å². The molecule has 0 radical (unpaired) electrons. The fourth-order valence-corrected chi connectivity index (χ4v) is 2.69. The van der Waals surface area contributed by atoms with Crippen LogP contribution in [-0.4, -0.2) is 7.11 Å². The van der Waals surface area contributed by atoms with Crippen molar-refractivity contribution in [3.8, 4) is 5.75 Å². The highest BCUT2D eigenvalue weighted by Gasteiger charge is 2.14. The van der Waals surface area contributed by atoms with Gasteiger partial charge in [-0.3, -0.25) is 11.3 Å². The third kappa shape index (κ3) is 3.84. The molecule has 2 aromatic rings. The number of hydrazine groups is 1. The number of hydrogen-bond donors (Lipinski definition) is 2. The van der Waals surface area contributed by atoms with E-state index >= 15 is 0 Å². The molecule has 2 aromatic carbocycles. The summed E-state index contributed by atoms with van der Waals surface area (Å²) in [7, 11) is 1.70. The number of hydrogen-bond acceptors (Lipinski definition) is 3. The SMILES string of the molecule is COc1ccc(C)cc1CC(NN)c1ccc(Br)c(C)c1. The van der Waals surface area contributed by atoms with Crippen molar-refractivity contribution in [2.45, 2.75) is 26.3 Å². The third-order valence-corrected chi connectivity index (χ3v) is 4.54. The van der Waals surface area contributed by atoms with Gasteiger partial charge in [0, 0.05) is 4.47 Å². The Morgan fingerprint density at radius 3 is 2.57 bits per heavy atom. The van der Waals surface area contributed by atoms with E-state index in [0.717, 1.165) is 22.2 Å². The highest BCUT2D eigenvalue weighted by molar-refractivity contribution is 9.10. The van der Waals surface area contributed by atoms with E-state index < -0.39 is 0 Å². The first-order valence-corrected chi connectivity index (χ1v) is 7.70. The zero-order valence-corrected chi connectivity index (χ0v) is 14.2. The number of aryl methyl sites for hydroxylation is 2. The summed E-state index contributed by atoms with van der Waals surface area (Å²) in [6.07, 6.45) is 0.780. The molecule has 21 heavy (non-hydrogen) atoms. The summed E-state index contributed by atoms with van der Waals surface area (Å²) in [6, 6.07) is 12.5. The van der Waals surface area contributed by atoms with Crippen LogP contribution in [-0.2, 0) is 6.42 Å². The Hall–Kier alpha value is -1.36. The Morgan fingerprint density at radius 2 is 1.95 bits per heavy atom. The summed E-state index contributed by atoms with van der Waals surface area (Å²) in [5.74, 6) is 6.67. The standard InChI is InChI=1S/C17H21BrN2O/c1-11-4-7-17(21-3)14(8-11)10-16(20-19)13-5-6-15(18)12(2)9-13/h4-9,16,20H,10,19H2,1-3H3. The first kappa shape index (κ1) is 16.0. The highest BCUT2D eigenvalue weighted by atomic mass is 79.9. The Morgan fingerprint density at radius 1 is 1.19 bits per heavy atom. The van der Waals surface area contributed by atoms with Crippen molar-refractivity contribution in [1.82, 2.24) is 5.43 Å². The van der Waals surface area contributed by atoms with Gasteiger partial charge in [-0.25, -0.2) is 0 Å². The zero-order chi connectivity index (χ0) is 15.4. The van der Waals surface area contributed by atoms with E-state index in [1.54, 1.807) is 7.11 Å². The molecule has 0 aliphatic rings. The lowest BCUT2D eigenvalue weighted by atomic mass is 9.96. The summed E-state index contributed by atoms with van der Waals surface area (Å²) in [6.45, 7) is 4.16. The van der Waals surface area contributed by atoms with E-state index in [1.165, 1.54) is 16.7 Å². The largest absolute Gasteiger partial charge is 0.496 e. The number of nitrogens with one attached hydrogen (secondary N) is 1. The normalized spacial score (nSPS) is 12.2.